The van der Waals surface area contributed by atoms with Crippen LogP contribution in [0.5, 0.6) is 0 Å². The highest BCUT2D eigenvalue weighted by molar-refractivity contribution is 5.92. The van der Waals surface area contributed by atoms with Crippen LogP contribution < -0.4 is 0 Å². The number of rotatable bonds is 8. The molecule has 168 valence electrons. The number of aryl methyl sites for hydroxylation is 1. The molecular formula is C24H34N4O3. The molecule has 1 aromatic carbocycles. The van der Waals surface area contributed by atoms with Gasteiger partial charge >= 0.3 is 0 Å². The SMILES string of the molecule is Cc1cccc(CN(CCN2CCOCC2)Cc2nc(C(=O)N3CCCCC3)co2)c1. The first-order valence-corrected chi connectivity index (χ1v) is 11.5. The lowest BCUT2D eigenvalue weighted by molar-refractivity contribution is 0.0320. The summed E-state index contributed by atoms with van der Waals surface area (Å²) in [5.41, 5.74) is 2.97. The van der Waals surface area contributed by atoms with E-state index in [1.165, 1.54) is 23.8 Å². The Morgan fingerprint density at radius 3 is 2.68 bits per heavy atom. The molecule has 2 fully saturated rings. The largest absolute Gasteiger partial charge is 0.447 e. The molecule has 0 spiro atoms. The van der Waals surface area contributed by atoms with Gasteiger partial charge < -0.3 is 14.1 Å². The van der Waals surface area contributed by atoms with Gasteiger partial charge in [-0.05, 0) is 31.7 Å². The number of oxazole rings is 1. The summed E-state index contributed by atoms with van der Waals surface area (Å²) in [6.07, 6.45) is 4.87. The number of piperidine rings is 1. The molecule has 0 radical (unpaired) electrons. The van der Waals surface area contributed by atoms with Gasteiger partial charge in [0.1, 0.15) is 6.26 Å². The Labute approximate surface area is 185 Å². The highest BCUT2D eigenvalue weighted by atomic mass is 16.5. The van der Waals surface area contributed by atoms with Crippen LogP contribution >= 0.6 is 0 Å². The summed E-state index contributed by atoms with van der Waals surface area (Å²) < 4.78 is 11.2. The van der Waals surface area contributed by atoms with Crippen LogP contribution in [0.3, 0.4) is 0 Å². The Bertz CT molecular complexity index is 841. The lowest BCUT2D eigenvalue weighted by atomic mass is 10.1. The van der Waals surface area contributed by atoms with E-state index in [0.29, 0.717) is 18.1 Å². The zero-order valence-electron chi connectivity index (χ0n) is 18.6. The molecule has 31 heavy (non-hydrogen) atoms. The van der Waals surface area contributed by atoms with Crippen molar-refractivity contribution in [2.75, 3.05) is 52.5 Å². The number of amides is 1. The smallest absolute Gasteiger partial charge is 0.275 e. The Kier molecular flexibility index (Phi) is 7.72. The van der Waals surface area contributed by atoms with Crippen molar-refractivity contribution in [3.63, 3.8) is 0 Å². The van der Waals surface area contributed by atoms with Crippen molar-refractivity contribution in [3.05, 3.63) is 53.2 Å². The van der Waals surface area contributed by atoms with Gasteiger partial charge in [0.05, 0.1) is 19.8 Å². The molecule has 4 rings (SSSR count). The van der Waals surface area contributed by atoms with Crippen molar-refractivity contribution in [2.24, 2.45) is 0 Å². The van der Waals surface area contributed by atoms with Crippen LogP contribution in [-0.2, 0) is 17.8 Å². The Hall–Kier alpha value is -2.22. The molecule has 0 aliphatic carbocycles. The molecule has 3 heterocycles. The van der Waals surface area contributed by atoms with Crippen LogP contribution in [0.25, 0.3) is 0 Å². The average Bonchev–Trinajstić information content (AvgIpc) is 3.27. The number of morpholine rings is 1. The zero-order valence-corrected chi connectivity index (χ0v) is 18.6. The number of carbonyl (C=O) groups excluding carboxylic acids is 1. The number of likely N-dealkylation sites (tertiary alicyclic amines) is 1. The first-order valence-electron chi connectivity index (χ1n) is 11.5. The molecule has 0 unspecified atom stereocenters. The minimum atomic E-state index is -0.00625. The van der Waals surface area contributed by atoms with Gasteiger partial charge in [-0.2, -0.15) is 0 Å². The summed E-state index contributed by atoms with van der Waals surface area (Å²) in [6.45, 7) is 10.6. The first-order chi connectivity index (χ1) is 15.2. The maximum Gasteiger partial charge on any atom is 0.275 e. The molecule has 7 heteroatoms. The number of carbonyl (C=O) groups is 1. The van der Waals surface area contributed by atoms with Crippen molar-refractivity contribution >= 4 is 5.91 Å². The minimum Gasteiger partial charge on any atom is -0.447 e. The quantitative estimate of drug-likeness (QED) is 0.647. The van der Waals surface area contributed by atoms with Gasteiger partial charge in [-0.25, -0.2) is 4.98 Å². The topological polar surface area (TPSA) is 62.1 Å². The van der Waals surface area contributed by atoms with Crippen LogP contribution in [-0.4, -0.2) is 78.1 Å². The van der Waals surface area contributed by atoms with Gasteiger partial charge in [0.2, 0.25) is 5.89 Å². The number of hydrogen-bond acceptors (Lipinski definition) is 6. The monoisotopic (exact) mass is 426 g/mol. The fraction of sp³-hybridized carbons (Fsp3) is 0.583. The molecule has 2 aromatic rings. The standard InChI is InChI=1S/C24H34N4O3/c1-20-6-5-7-21(16-20)17-27(11-10-26-12-14-30-15-13-26)18-23-25-22(19-31-23)24(29)28-8-3-2-4-9-28/h5-7,16,19H,2-4,8-15,17-18H2,1H3. The van der Waals surface area contributed by atoms with Crippen LogP contribution in [0.4, 0.5) is 0 Å². The van der Waals surface area contributed by atoms with E-state index in [1.807, 2.05) is 4.90 Å². The number of aromatic nitrogens is 1. The summed E-state index contributed by atoms with van der Waals surface area (Å²) in [6, 6.07) is 8.61. The average molecular weight is 427 g/mol. The summed E-state index contributed by atoms with van der Waals surface area (Å²) >= 11 is 0. The first kappa shape index (κ1) is 22.0. The second-order valence-corrected chi connectivity index (χ2v) is 8.63. The third-order valence-electron chi connectivity index (χ3n) is 6.10. The Morgan fingerprint density at radius 1 is 1.10 bits per heavy atom. The molecule has 0 bridgehead atoms. The molecule has 2 aliphatic heterocycles. The maximum atomic E-state index is 12.7. The second kappa shape index (κ2) is 10.9. The normalized spacial score (nSPS) is 17.9. The van der Waals surface area contributed by atoms with Gasteiger partial charge in [-0.3, -0.25) is 14.6 Å². The van der Waals surface area contributed by atoms with E-state index in [4.69, 9.17) is 9.15 Å². The fourth-order valence-corrected chi connectivity index (χ4v) is 4.32. The summed E-state index contributed by atoms with van der Waals surface area (Å²) in [7, 11) is 0. The summed E-state index contributed by atoms with van der Waals surface area (Å²) in [5.74, 6) is 0.600. The maximum absolute atomic E-state index is 12.7. The molecule has 0 N–H and O–H groups in total. The Morgan fingerprint density at radius 2 is 1.90 bits per heavy atom. The molecule has 0 saturated carbocycles. The van der Waals surface area contributed by atoms with Gasteiger partial charge in [-0.15, -0.1) is 0 Å². The van der Waals surface area contributed by atoms with E-state index >= 15 is 0 Å². The second-order valence-electron chi connectivity index (χ2n) is 8.63. The van der Waals surface area contributed by atoms with Crippen molar-refractivity contribution in [1.82, 2.24) is 19.7 Å². The molecule has 0 atom stereocenters. The lowest BCUT2D eigenvalue weighted by Gasteiger charge is -2.29. The number of nitrogens with zero attached hydrogens (tertiary/aromatic N) is 4. The zero-order chi connectivity index (χ0) is 21.5. The lowest BCUT2D eigenvalue weighted by Crippen LogP contribution is -2.41. The number of ether oxygens (including phenoxy) is 1. The van der Waals surface area contributed by atoms with Gasteiger partial charge in [0.15, 0.2) is 5.69 Å². The van der Waals surface area contributed by atoms with E-state index in [9.17, 15) is 4.79 Å². The van der Waals surface area contributed by atoms with Crippen LogP contribution in [0.2, 0.25) is 0 Å². The van der Waals surface area contributed by atoms with E-state index < -0.39 is 0 Å². The van der Waals surface area contributed by atoms with E-state index in [0.717, 1.165) is 71.9 Å². The van der Waals surface area contributed by atoms with Crippen LogP contribution in [0.1, 0.15) is 46.8 Å². The van der Waals surface area contributed by atoms with Crippen molar-refractivity contribution in [1.29, 1.82) is 0 Å². The minimum absolute atomic E-state index is 0.00625. The molecular weight excluding hydrogens is 392 g/mol. The van der Waals surface area contributed by atoms with Gasteiger partial charge in [0, 0.05) is 45.8 Å². The van der Waals surface area contributed by atoms with E-state index in [1.54, 1.807) is 0 Å². The predicted octanol–water partition coefficient (Wildman–Crippen LogP) is 2.94. The van der Waals surface area contributed by atoms with E-state index in [2.05, 4.69) is 46.0 Å². The summed E-state index contributed by atoms with van der Waals surface area (Å²) in [4.78, 5) is 24.0. The van der Waals surface area contributed by atoms with Gasteiger partial charge in [-0.1, -0.05) is 29.8 Å². The molecule has 2 saturated heterocycles. The van der Waals surface area contributed by atoms with Crippen molar-refractivity contribution in [2.45, 2.75) is 39.3 Å². The molecule has 1 amide bonds. The number of benzene rings is 1. The molecule has 7 nitrogen and oxygen atoms in total. The number of hydrogen-bond donors (Lipinski definition) is 0. The van der Waals surface area contributed by atoms with Crippen LogP contribution in [0, 0.1) is 6.92 Å². The molecule has 2 aliphatic rings. The van der Waals surface area contributed by atoms with E-state index in [-0.39, 0.29) is 5.91 Å². The highest BCUT2D eigenvalue weighted by Gasteiger charge is 2.22. The highest BCUT2D eigenvalue weighted by Crippen LogP contribution is 2.15. The third-order valence-corrected chi connectivity index (χ3v) is 6.10. The molecule has 1 aromatic heterocycles. The van der Waals surface area contributed by atoms with Crippen molar-refractivity contribution < 1.29 is 13.9 Å². The summed E-state index contributed by atoms with van der Waals surface area (Å²) in [5, 5.41) is 0. The van der Waals surface area contributed by atoms with Gasteiger partial charge in [0.25, 0.3) is 5.91 Å². The predicted molar refractivity (Wildman–Crippen MR) is 119 cm³/mol. The Balaban J connectivity index is 1.40. The third kappa shape index (κ3) is 6.38. The fourth-order valence-electron chi connectivity index (χ4n) is 4.32. The van der Waals surface area contributed by atoms with Crippen LogP contribution in [0.15, 0.2) is 34.9 Å². The van der Waals surface area contributed by atoms with Crippen molar-refractivity contribution in [3.8, 4) is 0 Å².